The molecule has 1 rings (SSSR count). The molecule has 0 aliphatic rings. The molecule has 0 aromatic carbocycles. The number of aliphatic hydroxyl groups excluding tert-OH is 1. The second kappa shape index (κ2) is 8.89. The van der Waals surface area contributed by atoms with E-state index in [1.807, 2.05) is 0 Å². The van der Waals surface area contributed by atoms with Crippen molar-refractivity contribution in [1.82, 2.24) is 5.32 Å². The van der Waals surface area contributed by atoms with E-state index in [9.17, 15) is 0 Å². The fraction of sp³-hybridized carbons (Fsp3) is 0.667. The van der Waals surface area contributed by atoms with Crippen molar-refractivity contribution in [3.63, 3.8) is 0 Å². The molecular weight excluding hydrogens is 206 g/mol. The molecule has 0 bridgehead atoms. The molecule has 2 N–H and O–H groups in total. The largest absolute Gasteiger partial charge is 0.396 e. The Hall–Kier alpha value is -0.380. The van der Waals surface area contributed by atoms with E-state index in [-0.39, 0.29) is 0 Å². The number of nitrogens with one attached hydrogen (secondary N) is 1. The minimum Gasteiger partial charge on any atom is -0.396 e. The lowest BCUT2D eigenvalue weighted by Gasteiger charge is -2.03. The van der Waals surface area contributed by atoms with Gasteiger partial charge in [0.1, 0.15) is 0 Å². The monoisotopic (exact) mass is 227 g/mol. The van der Waals surface area contributed by atoms with Crippen molar-refractivity contribution in [2.45, 2.75) is 32.1 Å². The molecule has 0 atom stereocenters. The maximum Gasteiger partial charge on any atom is 0.0431 e. The summed E-state index contributed by atoms with van der Waals surface area (Å²) in [4.78, 5) is 0. The molecule has 0 fully saturated rings. The van der Waals surface area contributed by atoms with Crippen LogP contribution in [0.3, 0.4) is 0 Å². The van der Waals surface area contributed by atoms with Gasteiger partial charge in [-0.15, -0.1) is 0 Å². The normalized spacial score (nSPS) is 10.7. The Kier molecular flexibility index (Phi) is 7.52. The molecule has 0 saturated carbocycles. The Bertz CT molecular complexity index is 224. The van der Waals surface area contributed by atoms with Gasteiger partial charge in [0.2, 0.25) is 0 Å². The summed E-state index contributed by atoms with van der Waals surface area (Å²) in [6.45, 7) is 2.53. The van der Waals surface area contributed by atoms with E-state index in [4.69, 9.17) is 5.11 Å². The summed E-state index contributed by atoms with van der Waals surface area (Å²) in [5.74, 6) is 0. The molecule has 0 saturated heterocycles. The van der Waals surface area contributed by atoms with E-state index in [0.717, 1.165) is 32.4 Å². The molecule has 0 radical (unpaired) electrons. The molecule has 0 aliphatic heterocycles. The Balaban J connectivity index is 1.81. The van der Waals surface area contributed by atoms with Crippen LogP contribution in [0.15, 0.2) is 16.8 Å². The summed E-state index contributed by atoms with van der Waals surface area (Å²) < 4.78 is 0. The van der Waals surface area contributed by atoms with Crippen LogP contribution in [0.5, 0.6) is 0 Å². The van der Waals surface area contributed by atoms with Crippen molar-refractivity contribution in [3.8, 4) is 0 Å². The smallest absolute Gasteiger partial charge is 0.0431 e. The van der Waals surface area contributed by atoms with Crippen molar-refractivity contribution in [3.05, 3.63) is 22.4 Å². The van der Waals surface area contributed by atoms with E-state index in [0.29, 0.717) is 6.61 Å². The molecule has 15 heavy (non-hydrogen) atoms. The predicted molar refractivity (Wildman–Crippen MR) is 66.4 cm³/mol. The second-order valence-electron chi connectivity index (χ2n) is 3.77. The molecule has 2 nitrogen and oxygen atoms in total. The van der Waals surface area contributed by atoms with Gasteiger partial charge < -0.3 is 10.4 Å². The number of hydrogen-bond donors (Lipinski definition) is 2. The van der Waals surface area contributed by atoms with Gasteiger partial charge in [0.25, 0.3) is 0 Å². The van der Waals surface area contributed by atoms with E-state index in [2.05, 4.69) is 22.1 Å². The predicted octanol–water partition coefficient (Wildman–Crippen LogP) is 2.43. The van der Waals surface area contributed by atoms with Crippen LogP contribution in [0, 0.1) is 0 Å². The SMILES string of the molecule is OCCCCCCNCCc1ccsc1. The summed E-state index contributed by atoms with van der Waals surface area (Å²) in [5.41, 5.74) is 1.44. The van der Waals surface area contributed by atoms with Crippen molar-refractivity contribution >= 4 is 11.3 Å². The standard InChI is InChI=1S/C12H21NOS/c14-9-4-2-1-3-7-13-8-5-12-6-10-15-11-12/h6,10-11,13-14H,1-5,7-9H2. The van der Waals surface area contributed by atoms with Crippen molar-refractivity contribution in [1.29, 1.82) is 0 Å². The average molecular weight is 227 g/mol. The van der Waals surface area contributed by atoms with Gasteiger partial charge in [0.05, 0.1) is 0 Å². The quantitative estimate of drug-likeness (QED) is 0.635. The Morgan fingerprint density at radius 3 is 2.73 bits per heavy atom. The molecule has 0 spiro atoms. The molecule has 0 amide bonds. The lowest BCUT2D eigenvalue weighted by molar-refractivity contribution is 0.282. The van der Waals surface area contributed by atoms with E-state index >= 15 is 0 Å². The van der Waals surface area contributed by atoms with E-state index in [1.165, 1.54) is 18.4 Å². The Labute approximate surface area is 96.3 Å². The minimum atomic E-state index is 0.339. The molecular formula is C12H21NOS. The maximum absolute atomic E-state index is 8.60. The molecule has 1 aromatic rings. The van der Waals surface area contributed by atoms with Gasteiger partial charge >= 0.3 is 0 Å². The highest BCUT2D eigenvalue weighted by molar-refractivity contribution is 7.07. The number of rotatable bonds is 9. The Morgan fingerprint density at radius 2 is 2.00 bits per heavy atom. The summed E-state index contributed by atoms with van der Waals surface area (Å²) >= 11 is 1.77. The third kappa shape index (κ3) is 6.66. The topological polar surface area (TPSA) is 32.3 Å². The van der Waals surface area contributed by atoms with Crippen LogP contribution in [0.4, 0.5) is 0 Å². The summed E-state index contributed by atoms with van der Waals surface area (Å²) in [5, 5.41) is 16.4. The van der Waals surface area contributed by atoms with Crippen LogP contribution < -0.4 is 5.32 Å². The average Bonchev–Trinajstić information content (AvgIpc) is 2.75. The first kappa shape index (κ1) is 12.7. The van der Waals surface area contributed by atoms with Gasteiger partial charge in [-0.25, -0.2) is 0 Å². The molecule has 1 heterocycles. The van der Waals surface area contributed by atoms with E-state index < -0.39 is 0 Å². The highest BCUT2D eigenvalue weighted by Crippen LogP contribution is 2.05. The van der Waals surface area contributed by atoms with Crippen molar-refractivity contribution in [2.75, 3.05) is 19.7 Å². The van der Waals surface area contributed by atoms with Crippen molar-refractivity contribution < 1.29 is 5.11 Å². The third-order valence-electron chi connectivity index (χ3n) is 2.43. The summed E-state index contributed by atoms with van der Waals surface area (Å²) in [6, 6.07) is 2.19. The lowest BCUT2D eigenvalue weighted by Crippen LogP contribution is -2.18. The van der Waals surface area contributed by atoms with Crippen LogP contribution in [-0.4, -0.2) is 24.8 Å². The summed E-state index contributed by atoms with van der Waals surface area (Å²) in [7, 11) is 0. The minimum absolute atomic E-state index is 0.339. The van der Waals surface area contributed by atoms with Gasteiger partial charge in [-0.2, -0.15) is 11.3 Å². The van der Waals surface area contributed by atoms with E-state index in [1.54, 1.807) is 11.3 Å². The highest BCUT2D eigenvalue weighted by Gasteiger charge is 1.93. The number of unbranched alkanes of at least 4 members (excludes halogenated alkanes) is 3. The lowest BCUT2D eigenvalue weighted by atomic mass is 10.2. The van der Waals surface area contributed by atoms with Crippen LogP contribution in [0.2, 0.25) is 0 Å². The zero-order valence-corrected chi connectivity index (χ0v) is 10.1. The van der Waals surface area contributed by atoms with Gasteiger partial charge in [-0.05, 0) is 54.7 Å². The van der Waals surface area contributed by atoms with Crippen LogP contribution in [-0.2, 0) is 6.42 Å². The number of hydrogen-bond acceptors (Lipinski definition) is 3. The summed E-state index contributed by atoms with van der Waals surface area (Å²) in [6.07, 6.45) is 5.70. The van der Waals surface area contributed by atoms with Crippen molar-refractivity contribution in [2.24, 2.45) is 0 Å². The number of aliphatic hydroxyl groups is 1. The fourth-order valence-corrected chi connectivity index (χ4v) is 2.21. The van der Waals surface area contributed by atoms with Gasteiger partial charge in [0.15, 0.2) is 0 Å². The maximum atomic E-state index is 8.60. The molecule has 0 unspecified atom stereocenters. The Morgan fingerprint density at radius 1 is 1.13 bits per heavy atom. The highest BCUT2D eigenvalue weighted by atomic mass is 32.1. The van der Waals surface area contributed by atoms with Gasteiger partial charge in [-0.1, -0.05) is 12.8 Å². The zero-order valence-electron chi connectivity index (χ0n) is 9.24. The third-order valence-corrected chi connectivity index (χ3v) is 3.16. The van der Waals surface area contributed by atoms with Crippen LogP contribution >= 0.6 is 11.3 Å². The molecule has 86 valence electrons. The van der Waals surface area contributed by atoms with Crippen LogP contribution in [0.25, 0.3) is 0 Å². The molecule has 3 heteroatoms. The second-order valence-corrected chi connectivity index (χ2v) is 4.55. The fourth-order valence-electron chi connectivity index (χ4n) is 1.51. The first-order valence-corrected chi connectivity index (χ1v) is 6.70. The van der Waals surface area contributed by atoms with Gasteiger partial charge in [0, 0.05) is 6.61 Å². The first-order valence-electron chi connectivity index (χ1n) is 5.76. The molecule has 0 aliphatic carbocycles. The zero-order chi connectivity index (χ0) is 10.8. The number of thiophene rings is 1. The molecule has 1 aromatic heterocycles. The van der Waals surface area contributed by atoms with Gasteiger partial charge in [-0.3, -0.25) is 0 Å². The van der Waals surface area contributed by atoms with Crippen LogP contribution in [0.1, 0.15) is 31.2 Å². The first-order chi connectivity index (χ1) is 7.43.